The SMILES string of the molecule is CC(C)n1nc(N2CCC(N(C)Cc3ccc(NC4CCC(=O)NC4=O)cc3)CC2)c2cnc(Nc3ccnc(-c4cnn(S(=O)(=O)C5CC5)c4)n3)cc21. The van der Waals surface area contributed by atoms with Gasteiger partial charge in [0.2, 0.25) is 11.8 Å². The van der Waals surface area contributed by atoms with E-state index in [-0.39, 0.29) is 23.1 Å². The summed E-state index contributed by atoms with van der Waals surface area (Å²) in [6.45, 7) is 6.78. The number of amides is 2. The van der Waals surface area contributed by atoms with Gasteiger partial charge in [0.15, 0.2) is 11.6 Å². The number of anilines is 4. The monoisotopic (exact) mass is 752 g/mol. The van der Waals surface area contributed by atoms with Gasteiger partial charge in [0.1, 0.15) is 17.7 Å². The molecule has 6 heterocycles. The molecule has 0 bridgehead atoms. The van der Waals surface area contributed by atoms with Crippen molar-refractivity contribution in [3.63, 3.8) is 0 Å². The number of hydrogen-bond acceptors (Lipinski definition) is 13. The van der Waals surface area contributed by atoms with Gasteiger partial charge in [-0.05, 0) is 76.8 Å². The van der Waals surface area contributed by atoms with Crippen molar-refractivity contribution < 1.29 is 18.0 Å². The molecular formula is C37H44N12O4S. The first-order valence-electron chi connectivity index (χ1n) is 18.4. The zero-order chi connectivity index (χ0) is 37.6. The first-order valence-corrected chi connectivity index (χ1v) is 19.9. The lowest BCUT2D eigenvalue weighted by atomic mass is 10.0. The third-order valence-electron chi connectivity index (χ3n) is 10.4. The smallest absolute Gasteiger partial charge is 0.256 e. The Morgan fingerprint density at radius 2 is 1.76 bits per heavy atom. The number of carbonyl (C=O) groups is 2. The van der Waals surface area contributed by atoms with Gasteiger partial charge in [0.25, 0.3) is 10.0 Å². The summed E-state index contributed by atoms with van der Waals surface area (Å²) in [5, 5.41) is 18.7. The van der Waals surface area contributed by atoms with E-state index in [4.69, 9.17) is 10.1 Å². The molecule has 3 fully saturated rings. The Bertz CT molecular complexity index is 2290. The van der Waals surface area contributed by atoms with E-state index in [2.05, 4.69) is 73.8 Å². The number of nitrogens with one attached hydrogen (secondary N) is 3. The summed E-state index contributed by atoms with van der Waals surface area (Å²) in [6.07, 6.45) is 10.6. The highest BCUT2D eigenvalue weighted by Gasteiger charge is 2.38. The molecule has 0 radical (unpaired) electrons. The van der Waals surface area contributed by atoms with E-state index >= 15 is 0 Å². The lowest BCUT2D eigenvalue weighted by Gasteiger charge is -2.37. The summed E-state index contributed by atoms with van der Waals surface area (Å²) in [5.74, 6) is 1.92. The number of pyridine rings is 1. The highest BCUT2D eigenvalue weighted by molar-refractivity contribution is 7.90. The molecule has 1 aromatic carbocycles. The molecule has 3 aliphatic rings. The minimum absolute atomic E-state index is 0.125. The van der Waals surface area contributed by atoms with E-state index in [1.54, 1.807) is 12.3 Å². The number of rotatable bonds is 12. The fourth-order valence-corrected chi connectivity index (χ4v) is 8.64. The largest absolute Gasteiger partial charge is 0.374 e. The van der Waals surface area contributed by atoms with Crippen LogP contribution in [0.5, 0.6) is 0 Å². The van der Waals surface area contributed by atoms with Crippen molar-refractivity contribution in [1.29, 1.82) is 0 Å². The number of hydrogen-bond donors (Lipinski definition) is 3. The molecule has 1 saturated carbocycles. The number of imide groups is 1. The fourth-order valence-electron chi connectivity index (χ4n) is 7.16. The molecular weight excluding hydrogens is 709 g/mol. The normalized spacial score (nSPS) is 18.5. The molecule has 2 amide bonds. The zero-order valence-electron chi connectivity index (χ0n) is 30.5. The van der Waals surface area contributed by atoms with Crippen LogP contribution >= 0.6 is 0 Å². The third-order valence-corrected chi connectivity index (χ3v) is 12.4. The maximum atomic E-state index is 12.6. The molecule has 1 atom stereocenters. The van der Waals surface area contributed by atoms with Crippen molar-refractivity contribution in [3.8, 4) is 11.4 Å². The summed E-state index contributed by atoms with van der Waals surface area (Å²) >= 11 is 0. The average Bonchev–Trinajstić information content (AvgIpc) is 3.79. The second-order valence-corrected chi connectivity index (χ2v) is 16.7. The van der Waals surface area contributed by atoms with E-state index in [0.29, 0.717) is 54.7 Å². The summed E-state index contributed by atoms with van der Waals surface area (Å²) in [5.41, 5.74) is 3.54. The van der Waals surface area contributed by atoms with E-state index in [0.717, 1.165) is 59.0 Å². The Kier molecular flexibility index (Phi) is 9.51. The Balaban J connectivity index is 0.904. The predicted octanol–water partition coefficient (Wildman–Crippen LogP) is 4.07. The molecule has 16 nitrogen and oxygen atoms in total. The summed E-state index contributed by atoms with van der Waals surface area (Å²) in [4.78, 5) is 42.1. The maximum absolute atomic E-state index is 12.6. The van der Waals surface area contributed by atoms with E-state index in [9.17, 15) is 18.0 Å². The molecule has 1 unspecified atom stereocenters. The Morgan fingerprint density at radius 3 is 2.48 bits per heavy atom. The number of piperidine rings is 2. The number of aromatic nitrogens is 7. The van der Waals surface area contributed by atoms with Gasteiger partial charge in [-0.1, -0.05) is 12.1 Å². The van der Waals surface area contributed by atoms with Crippen LogP contribution in [0.4, 0.5) is 23.1 Å². The van der Waals surface area contributed by atoms with Crippen LogP contribution in [-0.4, -0.2) is 96.5 Å². The van der Waals surface area contributed by atoms with Crippen molar-refractivity contribution in [3.05, 3.63) is 66.7 Å². The molecule has 5 aromatic rings. The molecule has 4 aromatic heterocycles. The van der Waals surface area contributed by atoms with Crippen LogP contribution in [0.25, 0.3) is 22.3 Å². The molecule has 17 heteroatoms. The highest BCUT2D eigenvalue weighted by Crippen LogP contribution is 2.33. The van der Waals surface area contributed by atoms with Gasteiger partial charge in [-0.3, -0.25) is 24.5 Å². The lowest BCUT2D eigenvalue weighted by Crippen LogP contribution is -2.47. The summed E-state index contributed by atoms with van der Waals surface area (Å²) in [6, 6.07) is 12.0. The maximum Gasteiger partial charge on any atom is 0.256 e. The Labute approximate surface area is 313 Å². The summed E-state index contributed by atoms with van der Waals surface area (Å²) in [7, 11) is -1.31. The number of carbonyl (C=O) groups excluding carboxylic acids is 2. The van der Waals surface area contributed by atoms with Crippen LogP contribution in [0.2, 0.25) is 0 Å². The quantitative estimate of drug-likeness (QED) is 0.155. The van der Waals surface area contributed by atoms with Gasteiger partial charge in [-0.15, -0.1) is 0 Å². The molecule has 1 aliphatic carbocycles. The molecule has 282 valence electrons. The van der Waals surface area contributed by atoms with Crippen LogP contribution in [0, 0.1) is 0 Å². The first-order chi connectivity index (χ1) is 26.0. The molecule has 2 aliphatic heterocycles. The second kappa shape index (κ2) is 14.4. The number of fused-ring (bicyclic) bond motifs is 1. The van der Waals surface area contributed by atoms with E-state index < -0.39 is 16.1 Å². The zero-order valence-corrected chi connectivity index (χ0v) is 31.3. The van der Waals surface area contributed by atoms with Crippen molar-refractivity contribution in [2.45, 2.75) is 82.3 Å². The number of benzene rings is 1. The van der Waals surface area contributed by atoms with Gasteiger partial charge in [-0.25, -0.2) is 23.4 Å². The van der Waals surface area contributed by atoms with Gasteiger partial charge >= 0.3 is 0 Å². The van der Waals surface area contributed by atoms with Crippen molar-refractivity contribution in [1.82, 2.24) is 44.1 Å². The first kappa shape index (κ1) is 35.6. The topological polar surface area (TPSA) is 185 Å². The summed E-state index contributed by atoms with van der Waals surface area (Å²) < 4.78 is 28.3. The molecule has 8 rings (SSSR count). The minimum atomic E-state index is -3.48. The van der Waals surface area contributed by atoms with Gasteiger partial charge < -0.3 is 15.5 Å². The van der Waals surface area contributed by atoms with Gasteiger partial charge in [0, 0.05) is 62.3 Å². The standard InChI is InChI=1S/C37H44N12O4S/c1-23(2)49-31-18-33(42-32-12-15-38-35(43-32)25-19-40-48(22-25)54(52,53)28-8-9-28)39-20-29(31)36(45-49)47-16-13-27(14-17-47)46(3)21-24-4-6-26(7-5-24)41-30-10-11-34(50)44-37(30)51/h4-7,12,15,18-20,22-23,27-28,30,41H,8-11,13-14,16-17,21H2,1-3H3,(H,44,50,51)(H,38,39,42,43). The molecule has 2 saturated heterocycles. The van der Waals surface area contributed by atoms with Crippen molar-refractivity contribution >= 4 is 55.9 Å². The van der Waals surface area contributed by atoms with Crippen LogP contribution in [0.3, 0.4) is 0 Å². The van der Waals surface area contributed by atoms with Crippen molar-refractivity contribution in [2.24, 2.45) is 0 Å². The number of nitrogens with zero attached hydrogens (tertiary/aromatic N) is 9. The molecule has 3 N–H and O–H groups in total. The Morgan fingerprint density at radius 1 is 0.981 bits per heavy atom. The minimum Gasteiger partial charge on any atom is -0.374 e. The average molecular weight is 753 g/mol. The van der Waals surface area contributed by atoms with Crippen LogP contribution in [-0.2, 0) is 26.2 Å². The lowest BCUT2D eigenvalue weighted by molar-refractivity contribution is -0.133. The molecule has 54 heavy (non-hydrogen) atoms. The second-order valence-electron chi connectivity index (χ2n) is 14.7. The predicted molar refractivity (Wildman–Crippen MR) is 205 cm³/mol. The van der Waals surface area contributed by atoms with Gasteiger partial charge in [-0.2, -0.15) is 14.3 Å². The fraction of sp³-hybridized carbons (Fsp3) is 0.432. The van der Waals surface area contributed by atoms with Crippen LogP contribution in [0.15, 0.2) is 61.2 Å². The highest BCUT2D eigenvalue weighted by atomic mass is 32.2. The Hall–Kier alpha value is -5.42. The molecule has 0 spiro atoms. The van der Waals surface area contributed by atoms with Crippen molar-refractivity contribution in [2.75, 3.05) is 35.7 Å². The van der Waals surface area contributed by atoms with Crippen LogP contribution in [0.1, 0.15) is 64.0 Å². The van der Waals surface area contributed by atoms with E-state index in [1.807, 2.05) is 29.1 Å². The van der Waals surface area contributed by atoms with E-state index in [1.165, 1.54) is 18.0 Å². The third kappa shape index (κ3) is 7.37. The van der Waals surface area contributed by atoms with Gasteiger partial charge in [0.05, 0.1) is 34.1 Å². The van der Waals surface area contributed by atoms with Crippen LogP contribution < -0.4 is 20.9 Å².